The van der Waals surface area contributed by atoms with Crippen LogP contribution in [-0.2, 0) is 28.6 Å². The first-order valence-electron chi connectivity index (χ1n) is 30.2. The van der Waals surface area contributed by atoms with Gasteiger partial charge in [0.2, 0.25) is 0 Å². The minimum absolute atomic E-state index is 0.0911. The first-order valence-corrected chi connectivity index (χ1v) is 30.2. The molecule has 412 valence electrons. The lowest BCUT2D eigenvalue weighted by Gasteiger charge is -2.18. The van der Waals surface area contributed by atoms with Crippen molar-refractivity contribution in [2.75, 3.05) is 13.2 Å². The molecule has 0 aliphatic rings. The number of carbonyl (C=O) groups excluding carboxylic acids is 3. The van der Waals surface area contributed by atoms with Gasteiger partial charge in [-0.05, 0) is 96.3 Å². The lowest BCUT2D eigenvalue weighted by atomic mass is 10.0. The van der Waals surface area contributed by atoms with Crippen LogP contribution in [0.4, 0.5) is 0 Å². The van der Waals surface area contributed by atoms with E-state index in [1.807, 2.05) is 0 Å². The molecule has 0 aromatic carbocycles. The third kappa shape index (κ3) is 57.2. The van der Waals surface area contributed by atoms with Crippen molar-refractivity contribution in [1.29, 1.82) is 0 Å². The number of hydrogen-bond donors (Lipinski definition) is 0. The molecule has 0 rings (SSSR count). The van der Waals surface area contributed by atoms with E-state index >= 15 is 0 Å². The van der Waals surface area contributed by atoms with E-state index in [2.05, 4.69) is 118 Å². The largest absolute Gasteiger partial charge is 0.462 e. The molecule has 0 fully saturated rings. The summed E-state index contributed by atoms with van der Waals surface area (Å²) >= 11 is 0. The van der Waals surface area contributed by atoms with E-state index in [0.29, 0.717) is 19.3 Å². The van der Waals surface area contributed by atoms with Crippen LogP contribution in [-0.4, -0.2) is 37.2 Å². The second-order valence-corrected chi connectivity index (χ2v) is 19.9. The molecule has 1 unspecified atom stereocenters. The fraction of sp³-hybridized carbons (Fsp3) is 0.712. The van der Waals surface area contributed by atoms with Crippen LogP contribution in [0.25, 0.3) is 0 Å². The number of carbonyl (C=O) groups is 3. The molecule has 1 atom stereocenters. The van der Waals surface area contributed by atoms with Crippen LogP contribution in [0.1, 0.15) is 284 Å². The van der Waals surface area contributed by atoms with Crippen LogP contribution < -0.4 is 0 Å². The van der Waals surface area contributed by atoms with Crippen molar-refractivity contribution in [2.45, 2.75) is 290 Å². The highest BCUT2D eigenvalue weighted by Gasteiger charge is 2.19. The van der Waals surface area contributed by atoms with Crippen molar-refractivity contribution in [3.05, 3.63) is 97.2 Å². The Kier molecular flexibility index (Phi) is 56.8. The molecule has 0 bridgehead atoms. The molecular weight excluding hydrogens is 889 g/mol. The smallest absolute Gasteiger partial charge is 0.306 e. The molecule has 0 saturated heterocycles. The predicted molar refractivity (Wildman–Crippen MR) is 311 cm³/mol. The topological polar surface area (TPSA) is 78.9 Å². The zero-order valence-electron chi connectivity index (χ0n) is 47.2. The fourth-order valence-electron chi connectivity index (χ4n) is 8.37. The predicted octanol–water partition coefficient (Wildman–Crippen LogP) is 20.5. The summed E-state index contributed by atoms with van der Waals surface area (Å²) < 4.78 is 16.8. The minimum atomic E-state index is -0.796. The van der Waals surface area contributed by atoms with Crippen LogP contribution in [0.3, 0.4) is 0 Å². The average molecular weight is 1000 g/mol. The highest BCUT2D eigenvalue weighted by atomic mass is 16.6. The summed E-state index contributed by atoms with van der Waals surface area (Å²) in [6, 6.07) is 0. The van der Waals surface area contributed by atoms with E-state index in [0.717, 1.165) is 103 Å². The molecule has 6 heteroatoms. The summed E-state index contributed by atoms with van der Waals surface area (Å²) in [6.07, 6.45) is 80.0. The zero-order valence-corrected chi connectivity index (χ0v) is 47.2. The Hall–Kier alpha value is -3.67. The molecule has 0 radical (unpaired) electrons. The van der Waals surface area contributed by atoms with Crippen molar-refractivity contribution in [2.24, 2.45) is 0 Å². The van der Waals surface area contributed by atoms with Gasteiger partial charge in [0.15, 0.2) is 6.10 Å². The first kappa shape index (κ1) is 68.3. The number of hydrogen-bond acceptors (Lipinski definition) is 6. The second kappa shape index (κ2) is 59.9. The Morgan fingerprint density at radius 1 is 0.292 bits per heavy atom. The number of unbranched alkanes of at least 4 members (excludes halogenated alkanes) is 27. The van der Waals surface area contributed by atoms with Gasteiger partial charge in [0, 0.05) is 19.3 Å². The Morgan fingerprint density at radius 2 is 0.542 bits per heavy atom. The maximum Gasteiger partial charge on any atom is 0.306 e. The van der Waals surface area contributed by atoms with Crippen LogP contribution in [0.15, 0.2) is 97.2 Å². The van der Waals surface area contributed by atoms with Crippen molar-refractivity contribution in [3.8, 4) is 0 Å². The highest BCUT2D eigenvalue weighted by molar-refractivity contribution is 5.71. The molecule has 0 aliphatic carbocycles. The summed E-state index contributed by atoms with van der Waals surface area (Å²) in [4.78, 5) is 38.1. The summed E-state index contributed by atoms with van der Waals surface area (Å²) in [5.74, 6) is -0.928. The number of ether oxygens (including phenoxy) is 3. The monoisotopic (exact) mass is 1000 g/mol. The molecule has 0 amide bonds. The molecule has 0 saturated carbocycles. The third-order valence-corrected chi connectivity index (χ3v) is 12.8. The average Bonchev–Trinajstić information content (AvgIpc) is 3.38. The molecule has 0 N–H and O–H groups in total. The van der Waals surface area contributed by atoms with E-state index in [1.165, 1.54) is 135 Å². The van der Waals surface area contributed by atoms with Crippen LogP contribution in [0.5, 0.6) is 0 Å². The van der Waals surface area contributed by atoms with E-state index < -0.39 is 6.10 Å². The van der Waals surface area contributed by atoms with Crippen LogP contribution >= 0.6 is 0 Å². The summed E-state index contributed by atoms with van der Waals surface area (Å²) in [5, 5.41) is 0. The summed E-state index contributed by atoms with van der Waals surface area (Å²) in [6.45, 7) is 6.38. The normalized spacial score (nSPS) is 12.8. The Morgan fingerprint density at radius 3 is 0.875 bits per heavy atom. The number of allylic oxidation sites excluding steroid dienone is 16. The lowest BCUT2D eigenvalue weighted by molar-refractivity contribution is -0.167. The molecule has 0 aromatic heterocycles. The molecule has 0 aromatic rings. The van der Waals surface area contributed by atoms with Crippen LogP contribution in [0.2, 0.25) is 0 Å². The molecule has 0 aliphatic heterocycles. The number of esters is 3. The summed E-state index contributed by atoms with van der Waals surface area (Å²) in [5.41, 5.74) is 0. The van der Waals surface area contributed by atoms with E-state index in [4.69, 9.17) is 14.2 Å². The SMILES string of the molecule is CC/C=C\C/C=C\C/C=C\C/C=C\CCCCCCCCCCCCCCCCCCC(=O)OCC(COC(=O)CCCCCCCCCCCC)OC(=O)CCCC/C=C\C/C=C\C/C=C\C/C=C\CC. The quantitative estimate of drug-likeness (QED) is 0.0261. The Bertz CT molecular complexity index is 1430. The number of rotatable bonds is 54. The second-order valence-electron chi connectivity index (χ2n) is 19.9. The maximum atomic E-state index is 12.8. The van der Waals surface area contributed by atoms with Crippen molar-refractivity contribution in [1.82, 2.24) is 0 Å². The zero-order chi connectivity index (χ0) is 52.2. The van der Waals surface area contributed by atoms with Gasteiger partial charge in [-0.3, -0.25) is 14.4 Å². The van der Waals surface area contributed by atoms with E-state index in [-0.39, 0.29) is 37.5 Å². The summed E-state index contributed by atoms with van der Waals surface area (Å²) in [7, 11) is 0. The molecule has 0 spiro atoms. The van der Waals surface area contributed by atoms with E-state index in [1.54, 1.807) is 0 Å². The van der Waals surface area contributed by atoms with Crippen molar-refractivity contribution in [3.63, 3.8) is 0 Å². The third-order valence-electron chi connectivity index (χ3n) is 12.8. The van der Waals surface area contributed by atoms with Crippen LogP contribution in [0, 0.1) is 0 Å². The van der Waals surface area contributed by atoms with Crippen molar-refractivity contribution >= 4 is 17.9 Å². The van der Waals surface area contributed by atoms with Gasteiger partial charge in [0.1, 0.15) is 13.2 Å². The van der Waals surface area contributed by atoms with Gasteiger partial charge in [0.05, 0.1) is 0 Å². The Labute approximate surface area is 445 Å². The molecular formula is C66H112O6. The van der Waals surface area contributed by atoms with Gasteiger partial charge in [-0.2, -0.15) is 0 Å². The van der Waals surface area contributed by atoms with E-state index in [9.17, 15) is 14.4 Å². The standard InChI is InChI=1S/C66H112O6/c1-4-7-10-13-16-19-22-24-26-27-28-29-30-31-32-33-34-35-36-37-38-39-41-42-44-47-50-53-56-59-65(68)71-62-63(61-70-64(67)58-55-52-49-46-21-18-15-12-9-6-3)72-66(69)60-57-54-51-48-45-43-40-25-23-20-17-14-11-8-5-2/h7-8,10-11,16-17,19-20,24-26,28-29,40,45,48,63H,4-6,9,12-15,18,21-23,27,30-39,41-44,46-47,49-62H2,1-3H3/b10-7-,11-8-,19-16-,20-17-,26-24-,29-28-,40-25-,48-45-. The molecule has 0 heterocycles. The lowest BCUT2D eigenvalue weighted by Crippen LogP contribution is -2.30. The minimum Gasteiger partial charge on any atom is -0.462 e. The van der Waals surface area contributed by atoms with Crippen molar-refractivity contribution < 1.29 is 28.6 Å². The first-order chi connectivity index (χ1) is 35.5. The van der Waals surface area contributed by atoms with Gasteiger partial charge >= 0.3 is 17.9 Å². The van der Waals surface area contributed by atoms with Gasteiger partial charge in [-0.25, -0.2) is 0 Å². The highest BCUT2D eigenvalue weighted by Crippen LogP contribution is 2.16. The van der Waals surface area contributed by atoms with Gasteiger partial charge < -0.3 is 14.2 Å². The van der Waals surface area contributed by atoms with Gasteiger partial charge in [-0.15, -0.1) is 0 Å². The Balaban J connectivity index is 4.19. The molecule has 72 heavy (non-hydrogen) atoms. The van der Waals surface area contributed by atoms with Gasteiger partial charge in [0.25, 0.3) is 0 Å². The fourth-order valence-corrected chi connectivity index (χ4v) is 8.37. The molecule has 6 nitrogen and oxygen atoms in total. The maximum absolute atomic E-state index is 12.8. The van der Waals surface area contributed by atoms with Gasteiger partial charge in [-0.1, -0.05) is 266 Å².